The number of ether oxygens (including phenoxy) is 1. The molecule has 0 saturated heterocycles. The summed E-state index contributed by atoms with van der Waals surface area (Å²) in [7, 11) is 1.77. The van der Waals surface area contributed by atoms with E-state index in [2.05, 4.69) is 10.1 Å². The first kappa shape index (κ1) is 12.7. The smallest absolute Gasteiger partial charge is 0.372 e. The van der Waals surface area contributed by atoms with Gasteiger partial charge in [0.25, 0.3) is 0 Å². The Morgan fingerprint density at radius 3 is 2.38 bits per heavy atom. The normalized spacial score (nSPS) is 14.5. The van der Waals surface area contributed by atoms with E-state index in [1.165, 1.54) is 0 Å². The van der Waals surface area contributed by atoms with E-state index in [-0.39, 0.29) is 12.5 Å². The lowest BCUT2D eigenvalue weighted by atomic mass is 10.1. The third-order valence-corrected chi connectivity index (χ3v) is 1.69. The summed E-state index contributed by atoms with van der Waals surface area (Å²) in [4.78, 5) is 0. The van der Waals surface area contributed by atoms with Crippen LogP contribution in [0.25, 0.3) is 0 Å². The third kappa shape index (κ3) is 8.05. The van der Waals surface area contributed by atoms with Crippen molar-refractivity contribution < 1.29 is 17.9 Å². The molecule has 0 aliphatic carbocycles. The second-order valence-electron chi connectivity index (χ2n) is 2.96. The average Bonchev–Trinajstić information content (AvgIpc) is 2.01. The second-order valence-corrected chi connectivity index (χ2v) is 2.96. The molecule has 0 spiro atoms. The van der Waals surface area contributed by atoms with Crippen molar-refractivity contribution in [2.45, 2.75) is 19.5 Å². The molecule has 0 amide bonds. The second kappa shape index (κ2) is 6.21. The molecule has 5 heteroatoms. The van der Waals surface area contributed by atoms with Crippen LogP contribution < -0.4 is 5.32 Å². The van der Waals surface area contributed by atoms with Crippen LogP contribution in [0.3, 0.4) is 0 Å². The Bertz CT molecular complexity index is 127. The fourth-order valence-electron chi connectivity index (χ4n) is 0.951. The molecule has 0 saturated carbocycles. The van der Waals surface area contributed by atoms with Crippen LogP contribution in [0.4, 0.5) is 13.2 Å². The molecule has 1 N–H and O–H groups in total. The van der Waals surface area contributed by atoms with Gasteiger partial charge in [-0.05, 0) is 25.9 Å². The van der Waals surface area contributed by atoms with Gasteiger partial charge in [-0.2, -0.15) is 13.2 Å². The van der Waals surface area contributed by atoms with Gasteiger partial charge in [0, 0.05) is 0 Å². The van der Waals surface area contributed by atoms with Gasteiger partial charge in [0.05, 0.1) is 6.61 Å². The van der Waals surface area contributed by atoms with Gasteiger partial charge in [-0.15, -0.1) is 0 Å². The van der Waals surface area contributed by atoms with Gasteiger partial charge in [0.2, 0.25) is 0 Å². The summed E-state index contributed by atoms with van der Waals surface area (Å²) in [5, 5.41) is 2.91. The van der Waals surface area contributed by atoms with Crippen molar-refractivity contribution in [3.8, 4) is 0 Å². The zero-order chi connectivity index (χ0) is 10.3. The van der Waals surface area contributed by atoms with E-state index in [4.69, 9.17) is 0 Å². The van der Waals surface area contributed by atoms with E-state index < -0.39 is 12.8 Å². The molecule has 1 atom stereocenters. The van der Waals surface area contributed by atoms with Crippen molar-refractivity contribution in [3.05, 3.63) is 0 Å². The number of alkyl halides is 3. The van der Waals surface area contributed by atoms with Crippen LogP contribution in [0.5, 0.6) is 0 Å². The van der Waals surface area contributed by atoms with Crippen molar-refractivity contribution in [1.82, 2.24) is 5.32 Å². The van der Waals surface area contributed by atoms with E-state index in [0.29, 0.717) is 6.54 Å². The lowest BCUT2D eigenvalue weighted by Gasteiger charge is -2.15. The van der Waals surface area contributed by atoms with Crippen molar-refractivity contribution in [1.29, 1.82) is 0 Å². The van der Waals surface area contributed by atoms with E-state index in [1.807, 2.05) is 6.92 Å². The molecule has 1 unspecified atom stereocenters. The van der Waals surface area contributed by atoms with E-state index in [9.17, 15) is 13.2 Å². The molecule has 0 aromatic heterocycles. The number of nitrogens with one attached hydrogen (secondary N) is 1. The summed E-state index contributed by atoms with van der Waals surface area (Å²) in [6, 6.07) is 0. The molecule has 0 bridgehead atoms. The standard InChI is InChI=1S/C8H16F3NO/c1-3-7(4-12-2)5-13-6-8(9,10)11/h7,12H,3-6H2,1-2H3. The quantitative estimate of drug-likeness (QED) is 0.704. The first-order valence-corrected chi connectivity index (χ1v) is 4.28. The first-order chi connectivity index (χ1) is 5.99. The van der Waals surface area contributed by atoms with E-state index in [0.717, 1.165) is 6.42 Å². The topological polar surface area (TPSA) is 21.3 Å². The van der Waals surface area contributed by atoms with Crippen LogP contribution in [-0.2, 0) is 4.74 Å². The molecule has 13 heavy (non-hydrogen) atoms. The van der Waals surface area contributed by atoms with Gasteiger partial charge < -0.3 is 10.1 Å². The highest BCUT2D eigenvalue weighted by molar-refractivity contribution is 4.58. The minimum absolute atomic E-state index is 0.160. The van der Waals surface area contributed by atoms with E-state index >= 15 is 0 Å². The van der Waals surface area contributed by atoms with Crippen molar-refractivity contribution in [2.75, 3.05) is 26.8 Å². The van der Waals surface area contributed by atoms with Crippen molar-refractivity contribution >= 4 is 0 Å². The third-order valence-electron chi connectivity index (χ3n) is 1.69. The predicted octanol–water partition coefficient (Wildman–Crippen LogP) is 1.81. The molecular weight excluding hydrogens is 183 g/mol. The Morgan fingerprint density at radius 2 is 2.00 bits per heavy atom. The molecular formula is C8H16F3NO. The lowest BCUT2D eigenvalue weighted by molar-refractivity contribution is -0.176. The molecule has 0 radical (unpaired) electrons. The Labute approximate surface area is 76.5 Å². The Hall–Kier alpha value is -0.290. The number of halogens is 3. The SMILES string of the molecule is CCC(CNC)COCC(F)(F)F. The van der Waals surface area contributed by atoms with Crippen LogP contribution >= 0.6 is 0 Å². The van der Waals surface area contributed by atoms with Gasteiger partial charge in [0.15, 0.2) is 0 Å². The van der Waals surface area contributed by atoms with E-state index in [1.54, 1.807) is 7.05 Å². The maximum absolute atomic E-state index is 11.7. The van der Waals surface area contributed by atoms with Crippen molar-refractivity contribution in [3.63, 3.8) is 0 Å². The average molecular weight is 199 g/mol. The number of hydrogen-bond acceptors (Lipinski definition) is 2. The van der Waals surface area contributed by atoms with Crippen LogP contribution in [0, 0.1) is 5.92 Å². The van der Waals surface area contributed by atoms with Crippen molar-refractivity contribution in [2.24, 2.45) is 5.92 Å². The largest absolute Gasteiger partial charge is 0.411 e. The highest BCUT2D eigenvalue weighted by Crippen LogP contribution is 2.15. The predicted molar refractivity (Wildman–Crippen MR) is 44.6 cm³/mol. The Balaban J connectivity index is 3.49. The van der Waals surface area contributed by atoms with Gasteiger partial charge in [0.1, 0.15) is 6.61 Å². The molecule has 0 heterocycles. The molecule has 0 aromatic rings. The lowest BCUT2D eigenvalue weighted by Crippen LogP contribution is -2.25. The highest BCUT2D eigenvalue weighted by atomic mass is 19.4. The van der Waals surface area contributed by atoms with Gasteiger partial charge >= 0.3 is 6.18 Å². The monoisotopic (exact) mass is 199 g/mol. The Morgan fingerprint density at radius 1 is 1.38 bits per heavy atom. The summed E-state index contributed by atoms with van der Waals surface area (Å²) in [6.45, 7) is 1.64. The molecule has 0 fully saturated rings. The molecule has 0 aliphatic heterocycles. The fraction of sp³-hybridized carbons (Fsp3) is 1.00. The Kier molecular flexibility index (Phi) is 6.07. The summed E-state index contributed by atoms with van der Waals surface area (Å²) < 4.78 is 39.5. The molecule has 80 valence electrons. The molecule has 0 aliphatic rings. The van der Waals surface area contributed by atoms with Gasteiger partial charge in [-0.3, -0.25) is 0 Å². The fourth-order valence-corrected chi connectivity index (χ4v) is 0.951. The zero-order valence-electron chi connectivity index (χ0n) is 7.95. The maximum Gasteiger partial charge on any atom is 0.411 e. The van der Waals surface area contributed by atoms with Crippen LogP contribution in [-0.4, -0.2) is 33.0 Å². The maximum atomic E-state index is 11.7. The highest BCUT2D eigenvalue weighted by Gasteiger charge is 2.27. The summed E-state index contributed by atoms with van der Waals surface area (Å²) in [6.07, 6.45) is -3.39. The van der Waals surface area contributed by atoms with Crippen LogP contribution in [0.2, 0.25) is 0 Å². The van der Waals surface area contributed by atoms with Crippen LogP contribution in [0.1, 0.15) is 13.3 Å². The van der Waals surface area contributed by atoms with Gasteiger partial charge in [-0.1, -0.05) is 6.92 Å². The summed E-state index contributed by atoms with van der Waals surface area (Å²) in [5.74, 6) is 0.160. The molecule has 2 nitrogen and oxygen atoms in total. The number of hydrogen-bond donors (Lipinski definition) is 1. The van der Waals surface area contributed by atoms with Crippen LogP contribution in [0.15, 0.2) is 0 Å². The zero-order valence-corrected chi connectivity index (χ0v) is 7.95. The summed E-state index contributed by atoms with van der Waals surface area (Å²) in [5.41, 5.74) is 0. The molecule has 0 aromatic carbocycles. The minimum atomic E-state index is -4.21. The minimum Gasteiger partial charge on any atom is -0.372 e. The summed E-state index contributed by atoms with van der Waals surface area (Å²) >= 11 is 0. The first-order valence-electron chi connectivity index (χ1n) is 4.28. The number of rotatable bonds is 6. The van der Waals surface area contributed by atoms with Gasteiger partial charge in [-0.25, -0.2) is 0 Å². The molecule has 0 rings (SSSR count).